The average Bonchev–Trinajstić information content (AvgIpc) is 3.24. The van der Waals surface area contributed by atoms with Crippen molar-refractivity contribution in [1.29, 1.82) is 0 Å². The number of aromatic nitrogens is 1. The summed E-state index contributed by atoms with van der Waals surface area (Å²) in [4.78, 5) is 11.0. The minimum atomic E-state index is -0.343. The maximum absolute atomic E-state index is 11.0. The summed E-state index contributed by atoms with van der Waals surface area (Å²) in [5, 5.41) is 1.25. The van der Waals surface area contributed by atoms with Crippen molar-refractivity contribution in [1.82, 2.24) is 4.57 Å². The Bertz CT molecular complexity index is 1410. The van der Waals surface area contributed by atoms with Gasteiger partial charge in [-0.2, -0.15) is 0 Å². The van der Waals surface area contributed by atoms with Crippen molar-refractivity contribution < 1.29 is 14.3 Å². The molecule has 0 aliphatic heterocycles. The van der Waals surface area contributed by atoms with Crippen molar-refractivity contribution >= 4 is 16.9 Å². The van der Waals surface area contributed by atoms with Gasteiger partial charge >= 0.3 is 5.97 Å². The number of nitrogens with zero attached hydrogens (tertiary/aromatic N) is 1. The average molecular weight is 434 g/mol. The van der Waals surface area contributed by atoms with Gasteiger partial charge in [-0.15, -0.1) is 0 Å². The van der Waals surface area contributed by atoms with E-state index in [4.69, 9.17) is 9.47 Å². The summed E-state index contributed by atoms with van der Waals surface area (Å²) in [5.74, 6) is 1.57. The molecule has 0 bridgehead atoms. The third-order valence-electron chi connectivity index (χ3n) is 5.50. The largest absolute Gasteiger partial charge is 0.457 e. The fourth-order valence-corrected chi connectivity index (χ4v) is 3.89. The first-order valence-corrected chi connectivity index (χ1v) is 10.8. The zero-order valence-electron chi connectivity index (χ0n) is 18.5. The highest BCUT2D eigenvalue weighted by atomic mass is 16.5. The molecule has 0 N–H and O–H groups in total. The van der Waals surface area contributed by atoms with Crippen LogP contribution in [-0.4, -0.2) is 10.5 Å². The topological polar surface area (TPSA) is 40.5 Å². The quantitative estimate of drug-likeness (QED) is 0.215. The zero-order chi connectivity index (χ0) is 22.8. The van der Waals surface area contributed by atoms with Gasteiger partial charge in [0, 0.05) is 24.2 Å². The van der Waals surface area contributed by atoms with Crippen LogP contribution in [0.3, 0.4) is 0 Å². The Balaban J connectivity index is 1.30. The SMILES string of the molecule is CC(=O)Oc1ccc(Oc2ccc(-c3ccc(-n4ccc5cc(C)ccc54)cc3)cc2)cc1. The van der Waals surface area contributed by atoms with E-state index in [-0.39, 0.29) is 5.97 Å². The highest BCUT2D eigenvalue weighted by Gasteiger charge is 2.06. The molecule has 5 rings (SSSR count). The number of esters is 1. The van der Waals surface area contributed by atoms with Crippen LogP contribution in [0.2, 0.25) is 0 Å². The van der Waals surface area contributed by atoms with Crippen molar-refractivity contribution in [2.45, 2.75) is 13.8 Å². The van der Waals surface area contributed by atoms with Crippen molar-refractivity contribution in [3.05, 3.63) is 109 Å². The summed E-state index contributed by atoms with van der Waals surface area (Å²) in [6, 6.07) is 32.2. The fraction of sp³-hybridized carbons (Fsp3) is 0.0690. The summed E-state index contributed by atoms with van der Waals surface area (Å²) in [5.41, 5.74) is 5.86. The van der Waals surface area contributed by atoms with Crippen LogP contribution in [0.1, 0.15) is 12.5 Å². The van der Waals surface area contributed by atoms with Crippen LogP contribution in [-0.2, 0) is 4.79 Å². The summed E-state index contributed by atoms with van der Waals surface area (Å²) in [6.45, 7) is 3.49. The predicted molar refractivity (Wildman–Crippen MR) is 131 cm³/mol. The van der Waals surface area contributed by atoms with E-state index >= 15 is 0 Å². The zero-order valence-corrected chi connectivity index (χ0v) is 18.5. The highest BCUT2D eigenvalue weighted by Crippen LogP contribution is 2.28. The van der Waals surface area contributed by atoms with E-state index in [1.165, 1.54) is 23.4 Å². The Kier molecular flexibility index (Phi) is 5.41. The van der Waals surface area contributed by atoms with Crippen LogP contribution in [0.25, 0.3) is 27.7 Å². The van der Waals surface area contributed by atoms with Crippen LogP contribution in [0.5, 0.6) is 17.2 Å². The Morgan fingerprint density at radius 2 is 1.27 bits per heavy atom. The standard InChI is InChI=1S/C29H23NO3/c1-20-3-16-29-24(19-20)17-18-30(29)25-8-4-22(5-9-25)23-6-10-27(11-7-23)33-28-14-12-26(13-15-28)32-21(2)31/h3-19H,1-2H3. The number of ether oxygens (including phenoxy) is 2. The molecule has 0 spiro atoms. The molecule has 0 amide bonds. The number of fused-ring (bicyclic) bond motifs is 1. The van der Waals surface area contributed by atoms with Crippen molar-refractivity contribution in [2.75, 3.05) is 0 Å². The maximum atomic E-state index is 11.0. The van der Waals surface area contributed by atoms with Crippen LogP contribution >= 0.6 is 0 Å². The Morgan fingerprint density at radius 3 is 1.91 bits per heavy atom. The highest BCUT2D eigenvalue weighted by molar-refractivity contribution is 5.83. The number of carbonyl (C=O) groups is 1. The first kappa shape index (κ1) is 20.6. The number of rotatable bonds is 5. The van der Waals surface area contributed by atoms with Crippen LogP contribution < -0.4 is 9.47 Å². The predicted octanol–water partition coefficient (Wildman–Crippen LogP) is 7.32. The lowest BCUT2D eigenvalue weighted by Crippen LogP contribution is -2.00. The smallest absolute Gasteiger partial charge is 0.308 e. The van der Waals surface area contributed by atoms with E-state index < -0.39 is 0 Å². The molecule has 4 aromatic carbocycles. The van der Waals surface area contributed by atoms with E-state index in [1.54, 1.807) is 24.3 Å². The molecular weight excluding hydrogens is 410 g/mol. The third kappa shape index (κ3) is 4.51. The molecule has 0 saturated heterocycles. The van der Waals surface area contributed by atoms with Gasteiger partial charge in [0.25, 0.3) is 0 Å². The molecule has 4 nitrogen and oxygen atoms in total. The van der Waals surface area contributed by atoms with E-state index in [2.05, 4.69) is 66.2 Å². The minimum absolute atomic E-state index is 0.343. The fourth-order valence-electron chi connectivity index (χ4n) is 3.89. The molecule has 0 aliphatic rings. The van der Waals surface area contributed by atoms with Crippen molar-refractivity contribution in [2.24, 2.45) is 0 Å². The van der Waals surface area contributed by atoms with Gasteiger partial charge in [0.1, 0.15) is 17.2 Å². The van der Waals surface area contributed by atoms with Gasteiger partial charge in [0.15, 0.2) is 0 Å². The molecule has 1 heterocycles. The van der Waals surface area contributed by atoms with Crippen molar-refractivity contribution in [3.63, 3.8) is 0 Å². The normalized spacial score (nSPS) is 10.8. The first-order chi connectivity index (χ1) is 16.0. The second-order valence-corrected chi connectivity index (χ2v) is 7.99. The molecule has 4 heteroatoms. The molecule has 0 radical (unpaired) electrons. The summed E-state index contributed by atoms with van der Waals surface area (Å²) < 4.78 is 13.2. The monoisotopic (exact) mass is 433 g/mol. The van der Waals surface area contributed by atoms with Gasteiger partial charge in [-0.25, -0.2) is 0 Å². The van der Waals surface area contributed by atoms with E-state index in [1.807, 2.05) is 24.3 Å². The van der Waals surface area contributed by atoms with E-state index in [0.717, 1.165) is 22.6 Å². The van der Waals surface area contributed by atoms with Gasteiger partial charge < -0.3 is 14.0 Å². The van der Waals surface area contributed by atoms with Crippen LogP contribution in [0.4, 0.5) is 0 Å². The molecule has 0 fully saturated rings. The third-order valence-corrected chi connectivity index (χ3v) is 5.50. The number of carbonyl (C=O) groups excluding carboxylic acids is 1. The molecular formula is C29H23NO3. The van der Waals surface area contributed by atoms with Crippen molar-refractivity contribution in [3.8, 4) is 34.1 Å². The van der Waals surface area contributed by atoms with Gasteiger partial charge in [0.05, 0.1) is 5.52 Å². The summed E-state index contributed by atoms with van der Waals surface area (Å²) in [6.07, 6.45) is 2.12. The van der Waals surface area contributed by atoms with Crippen LogP contribution in [0, 0.1) is 6.92 Å². The molecule has 33 heavy (non-hydrogen) atoms. The molecule has 0 unspecified atom stereocenters. The Morgan fingerprint density at radius 1 is 0.697 bits per heavy atom. The maximum Gasteiger partial charge on any atom is 0.308 e. The van der Waals surface area contributed by atoms with E-state index in [9.17, 15) is 4.79 Å². The van der Waals surface area contributed by atoms with Gasteiger partial charge in [-0.3, -0.25) is 4.79 Å². The number of benzene rings is 4. The van der Waals surface area contributed by atoms with Gasteiger partial charge in [0.2, 0.25) is 0 Å². The second-order valence-electron chi connectivity index (χ2n) is 7.99. The van der Waals surface area contributed by atoms with Gasteiger partial charge in [-0.05, 0) is 84.8 Å². The molecule has 162 valence electrons. The Hall–Kier alpha value is -4.31. The Labute approximate surface area is 192 Å². The lowest BCUT2D eigenvalue weighted by molar-refractivity contribution is -0.131. The van der Waals surface area contributed by atoms with Crippen LogP contribution in [0.15, 0.2) is 103 Å². The lowest BCUT2D eigenvalue weighted by atomic mass is 10.1. The summed E-state index contributed by atoms with van der Waals surface area (Å²) in [7, 11) is 0. The van der Waals surface area contributed by atoms with E-state index in [0.29, 0.717) is 11.5 Å². The first-order valence-electron chi connectivity index (χ1n) is 10.8. The minimum Gasteiger partial charge on any atom is -0.457 e. The number of hydrogen-bond donors (Lipinski definition) is 0. The summed E-state index contributed by atoms with van der Waals surface area (Å²) >= 11 is 0. The van der Waals surface area contributed by atoms with Gasteiger partial charge in [-0.1, -0.05) is 35.9 Å². The molecule has 5 aromatic rings. The molecule has 1 aromatic heterocycles. The lowest BCUT2D eigenvalue weighted by Gasteiger charge is -2.09. The number of aryl methyl sites for hydroxylation is 1. The molecule has 0 saturated carbocycles. The number of hydrogen-bond acceptors (Lipinski definition) is 3. The molecule has 0 atom stereocenters. The second kappa shape index (κ2) is 8.67. The molecule has 0 aliphatic carbocycles.